The van der Waals surface area contributed by atoms with Crippen molar-refractivity contribution in [2.75, 3.05) is 33.2 Å². The minimum absolute atomic E-state index is 0.0893. The van der Waals surface area contributed by atoms with Crippen molar-refractivity contribution in [2.24, 2.45) is 5.92 Å². The van der Waals surface area contributed by atoms with Gasteiger partial charge in [0.25, 0.3) is 0 Å². The van der Waals surface area contributed by atoms with Gasteiger partial charge in [-0.2, -0.15) is 0 Å². The van der Waals surface area contributed by atoms with Crippen molar-refractivity contribution in [3.05, 3.63) is 83.9 Å². The van der Waals surface area contributed by atoms with E-state index in [1.165, 1.54) is 18.4 Å². The monoisotopic (exact) mass is 434 g/mol. The van der Waals surface area contributed by atoms with Crippen LogP contribution in [0.4, 0.5) is 4.39 Å². The number of hydrogen-bond donors (Lipinski definition) is 0. The van der Waals surface area contributed by atoms with Crippen LogP contribution in [-0.2, 0) is 13.0 Å². The first-order chi connectivity index (χ1) is 15.7. The van der Waals surface area contributed by atoms with Gasteiger partial charge >= 0.3 is 6.01 Å². The Morgan fingerprint density at radius 2 is 1.84 bits per heavy atom. The molecule has 4 rings (SSSR count). The van der Waals surface area contributed by atoms with E-state index in [0.29, 0.717) is 11.9 Å². The number of benzene rings is 2. The van der Waals surface area contributed by atoms with Crippen LogP contribution in [0.1, 0.15) is 24.0 Å². The Morgan fingerprint density at radius 3 is 2.62 bits per heavy atom. The molecule has 32 heavy (non-hydrogen) atoms. The fourth-order valence-electron chi connectivity index (χ4n) is 4.41. The Morgan fingerprint density at radius 1 is 1.06 bits per heavy atom. The van der Waals surface area contributed by atoms with Crippen molar-refractivity contribution in [3.63, 3.8) is 0 Å². The van der Waals surface area contributed by atoms with Crippen LogP contribution in [0.5, 0.6) is 11.8 Å². The molecule has 2 heterocycles. The van der Waals surface area contributed by atoms with E-state index in [-0.39, 0.29) is 5.82 Å². The molecule has 5 nitrogen and oxygen atoms in total. The second-order valence-electron chi connectivity index (χ2n) is 8.62. The second-order valence-corrected chi connectivity index (χ2v) is 8.62. The molecule has 0 spiro atoms. The lowest BCUT2D eigenvalue weighted by molar-refractivity contribution is 0.142. The van der Waals surface area contributed by atoms with Crippen LogP contribution >= 0.6 is 0 Å². The summed E-state index contributed by atoms with van der Waals surface area (Å²) < 4.78 is 19.6. The predicted molar refractivity (Wildman–Crippen MR) is 124 cm³/mol. The fraction of sp³-hybridized carbons (Fsp3) is 0.385. The molecule has 3 aromatic rings. The van der Waals surface area contributed by atoms with Crippen LogP contribution in [0.3, 0.4) is 0 Å². The number of hydrogen-bond acceptors (Lipinski definition) is 5. The maximum absolute atomic E-state index is 13.9. The molecule has 0 saturated carbocycles. The third-order valence-corrected chi connectivity index (χ3v) is 5.96. The predicted octanol–water partition coefficient (Wildman–Crippen LogP) is 4.79. The van der Waals surface area contributed by atoms with Gasteiger partial charge in [0.2, 0.25) is 0 Å². The Bertz CT molecular complexity index is 967. The molecule has 1 saturated heterocycles. The van der Waals surface area contributed by atoms with E-state index in [1.54, 1.807) is 30.6 Å². The standard InChI is InChI=1S/C26H31FN4O/c1-30(18-21-9-11-24(12-10-21)32-26-28-14-5-15-29-26)19-22-6-4-16-31(20-22)17-13-23-7-2-3-8-25(23)27/h2-3,5,7-12,14-15,22H,4,6,13,16-20H2,1H3/t22-/m1/s1. The van der Waals surface area contributed by atoms with E-state index in [4.69, 9.17) is 4.74 Å². The first-order valence-electron chi connectivity index (χ1n) is 11.3. The van der Waals surface area contributed by atoms with Crippen LogP contribution < -0.4 is 4.74 Å². The van der Waals surface area contributed by atoms with E-state index in [9.17, 15) is 4.39 Å². The zero-order valence-electron chi connectivity index (χ0n) is 18.7. The van der Waals surface area contributed by atoms with E-state index >= 15 is 0 Å². The van der Waals surface area contributed by atoms with Gasteiger partial charge in [-0.15, -0.1) is 0 Å². The van der Waals surface area contributed by atoms with Crippen LogP contribution in [0.2, 0.25) is 0 Å². The van der Waals surface area contributed by atoms with Crippen LogP contribution in [0.15, 0.2) is 67.0 Å². The summed E-state index contributed by atoms with van der Waals surface area (Å²) >= 11 is 0. The third-order valence-electron chi connectivity index (χ3n) is 5.96. The number of piperidine rings is 1. The van der Waals surface area contributed by atoms with Crippen LogP contribution in [0.25, 0.3) is 0 Å². The quantitative estimate of drug-likeness (QED) is 0.484. The molecule has 1 aliphatic rings. The Kier molecular flexibility index (Phi) is 7.80. The normalized spacial score (nSPS) is 16.9. The summed E-state index contributed by atoms with van der Waals surface area (Å²) in [6.45, 7) is 5.08. The van der Waals surface area contributed by atoms with E-state index in [0.717, 1.165) is 50.5 Å². The van der Waals surface area contributed by atoms with Crippen molar-refractivity contribution in [3.8, 4) is 11.8 Å². The molecule has 1 atom stereocenters. The summed E-state index contributed by atoms with van der Waals surface area (Å²) in [4.78, 5) is 13.1. The fourth-order valence-corrected chi connectivity index (χ4v) is 4.41. The smallest absolute Gasteiger partial charge is 0.321 e. The SMILES string of the molecule is CN(Cc1ccc(Oc2ncccn2)cc1)C[C@H]1CCCN(CCc2ccccc2F)C1. The highest BCUT2D eigenvalue weighted by atomic mass is 19.1. The number of nitrogens with zero attached hydrogens (tertiary/aromatic N) is 4. The largest absolute Gasteiger partial charge is 0.424 e. The third kappa shape index (κ3) is 6.58. The van der Waals surface area contributed by atoms with Gasteiger partial charge in [-0.25, -0.2) is 14.4 Å². The van der Waals surface area contributed by atoms with E-state index in [1.807, 2.05) is 24.3 Å². The summed E-state index contributed by atoms with van der Waals surface area (Å²) in [5.74, 6) is 1.29. The minimum atomic E-state index is -0.0893. The second kappa shape index (κ2) is 11.2. The maximum Gasteiger partial charge on any atom is 0.321 e. The highest BCUT2D eigenvalue weighted by Gasteiger charge is 2.21. The van der Waals surface area contributed by atoms with E-state index in [2.05, 4.69) is 38.9 Å². The highest BCUT2D eigenvalue weighted by Crippen LogP contribution is 2.21. The maximum atomic E-state index is 13.9. The molecular formula is C26H31FN4O. The molecule has 2 aromatic carbocycles. The Labute approximate surface area is 189 Å². The zero-order chi connectivity index (χ0) is 22.2. The Balaban J connectivity index is 1.22. The highest BCUT2D eigenvalue weighted by molar-refractivity contribution is 5.29. The molecule has 0 unspecified atom stereocenters. The van der Waals surface area contributed by atoms with Gasteiger partial charge in [0.05, 0.1) is 0 Å². The zero-order valence-corrected chi connectivity index (χ0v) is 18.7. The van der Waals surface area contributed by atoms with Crippen molar-refractivity contribution < 1.29 is 9.13 Å². The van der Waals surface area contributed by atoms with Crippen LogP contribution in [-0.4, -0.2) is 53.0 Å². The number of aromatic nitrogens is 2. The molecule has 0 bridgehead atoms. The number of rotatable bonds is 9. The summed E-state index contributed by atoms with van der Waals surface area (Å²) in [7, 11) is 2.18. The van der Waals surface area contributed by atoms with Gasteiger partial charge in [-0.05, 0) is 74.2 Å². The summed E-state index contributed by atoms with van der Waals surface area (Å²) in [5, 5.41) is 0. The average Bonchev–Trinajstić information content (AvgIpc) is 2.81. The van der Waals surface area contributed by atoms with Crippen molar-refractivity contribution in [2.45, 2.75) is 25.8 Å². The molecule has 6 heteroatoms. The Hall–Kier alpha value is -2.83. The van der Waals surface area contributed by atoms with Gasteiger partial charge < -0.3 is 14.5 Å². The molecule has 1 aromatic heterocycles. The lowest BCUT2D eigenvalue weighted by Crippen LogP contribution is -2.40. The summed E-state index contributed by atoms with van der Waals surface area (Å²) in [6, 6.07) is 17.4. The van der Waals surface area contributed by atoms with Gasteiger partial charge in [-0.1, -0.05) is 30.3 Å². The van der Waals surface area contributed by atoms with Crippen molar-refractivity contribution in [1.29, 1.82) is 0 Å². The number of halogens is 1. The molecule has 0 N–H and O–H groups in total. The van der Waals surface area contributed by atoms with Crippen LogP contribution in [0, 0.1) is 11.7 Å². The number of likely N-dealkylation sites (tertiary alicyclic amines) is 1. The molecule has 0 aliphatic carbocycles. The van der Waals surface area contributed by atoms with E-state index < -0.39 is 0 Å². The van der Waals surface area contributed by atoms with Crippen molar-refractivity contribution >= 4 is 0 Å². The summed E-state index contributed by atoms with van der Waals surface area (Å²) in [5.41, 5.74) is 2.07. The molecule has 168 valence electrons. The topological polar surface area (TPSA) is 41.5 Å². The molecular weight excluding hydrogens is 403 g/mol. The van der Waals surface area contributed by atoms with Gasteiger partial charge in [0, 0.05) is 38.6 Å². The van der Waals surface area contributed by atoms with Gasteiger partial charge in [0.15, 0.2) is 0 Å². The molecule has 1 fully saturated rings. The summed E-state index contributed by atoms with van der Waals surface area (Å²) in [6.07, 6.45) is 6.57. The van der Waals surface area contributed by atoms with Crippen molar-refractivity contribution in [1.82, 2.24) is 19.8 Å². The first-order valence-corrected chi connectivity index (χ1v) is 11.3. The first kappa shape index (κ1) is 22.4. The number of ether oxygens (including phenoxy) is 1. The lowest BCUT2D eigenvalue weighted by Gasteiger charge is -2.34. The molecule has 1 aliphatic heterocycles. The van der Waals surface area contributed by atoms with Gasteiger partial charge in [-0.3, -0.25) is 0 Å². The van der Waals surface area contributed by atoms with Gasteiger partial charge in [0.1, 0.15) is 11.6 Å². The minimum Gasteiger partial charge on any atom is -0.424 e. The average molecular weight is 435 g/mol. The molecule has 0 amide bonds. The molecule has 0 radical (unpaired) electrons. The lowest BCUT2D eigenvalue weighted by atomic mass is 9.97.